The summed E-state index contributed by atoms with van der Waals surface area (Å²) in [6.07, 6.45) is 0.636. The Hall–Kier alpha value is -0.770. The molecule has 74 valence electrons. The molecule has 0 amide bonds. The van der Waals surface area contributed by atoms with Crippen molar-refractivity contribution in [2.75, 3.05) is 6.61 Å². The SMILES string of the molecule is Cl.N[C@H](CO)Cc1ccc(O)cc1. The number of phenolic OH excluding ortho intramolecular Hbond substituents is 1. The van der Waals surface area contributed by atoms with Crippen LogP contribution in [-0.2, 0) is 6.42 Å². The molecule has 1 aromatic rings. The maximum Gasteiger partial charge on any atom is 0.115 e. The first kappa shape index (κ1) is 12.2. The maximum absolute atomic E-state index is 8.97. The maximum atomic E-state index is 8.97. The molecule has 0 aliphatic rings. The second kappa shape index (κ2) is 5.80. The molecular weight excluding hydrogens is 190 g/mol. The number of aliphatic hydroxyl groups excluding tert-OH is 1. The second-order valence-corrected chi connectivity index (χ2v) is 2.81. The normalized spacial score (nSPS) is 11.8. The average Bonchev–Trinajstić information content (AvgIpc) is 2.09. The number of rotatable bonds is 3. The van der Waals surface area contributed by atoms with E-state index in [-0.39, 0.29) is 30.8 Å². The van der Waals surface area contributed by atoms with E-state index in [1.54, 1.807) is 24.3 Å². The van der Waals surface area contributed by atoms with Gasteiger partial charge in [0.2, 0.25) is 0 Å². The van der Waals surface area contributed by atoms with Crippen LogP contribution in [0.2, 0.25) is 0 Å². The largest absolute Gasteiger partial charge is 0.508 e. The van der Waals surface area contributed by atoms with E-state index in [4.69, 9.17) is 15.9 Å². The molecule has 0 aliphatic carbocycles. The fourth-order valence-electron chi connectivity index (χ4n) is 0.999. The second-order valence-electron chi connectivity index (χ2n) is 2.81. The summed E-state index contributed by atoms with van der Waals surface area (Å²) in [5, 5.41) is 17.6. The lowest BCUT2D eigenvalue weighted by Gasteiger charge is -2.07. The fraction of sp³-hybridized carbons (Fsp3) is 0.333. The molecule has 3 nitrogen and oxygen atoms in total. The van der Waals surface area contributed by atoms with E-state index in [1.807, 2.05) is 0 Å². The summed E-state index contributed by atoms with van der Waals surface area (Å²) < 4.78 is 0. The van der Waals surface area contributed by atoms with Crippen LogP contribution in [0.4, 0.5) is 0 Å². The van der Waals surface area contributed by atoms with Crippen molar-refractivity contribution in [2.45, 2.75) is 12.5 Å². The third-order valence-corrected chi connectivity index (χ3v) is 1.67. The van der Waals surface area contributed by atoms with Crippen LogP contribution in [0.25, 0.3) is 0 Å². The first-order valence-electron chi connectivity index (χ1n) is 3.86. The van der Waals surface area contributed by atoms with Crippen molar-refractivity contribution in [1.29, 1.82) is 0 Å². The van der Waals surface area contributed by atoms with Crippen molar-refractivity contribution < 1.29 is 10.2 Å². The van der Waals surface area contributed by atoms with Gasteiger partial charge in [0.15, 0.2) is 0 Å². The number of benzene rings is 1. The summed E-state index contributed by atoms with van der Waals surface area (Å²) in [6, 6.07) is 6.60. The molecule has 13 heavy (non-hydrogen) atoms. The summed E-state index contributed by atoms with van der Waals surface area (Å²) in [6.45, 7) is -0.0130. The molecule has 4 N–H and O–H groups in total. The highest BCUT2D eigenvalue weighted by atomic mass is 35.5. The Morgan fingerprint density at radius 3 is 2.23 bits per heavy atom. The van der Waals surface area contributed by atoms with Crippen LogP contribution < -0.4 is 5.73 Å². The molecule has 0 spiro atoms. The molecule has 0 radical (unpaired) electrons. The zero-order valence-corrected chi connectivity index (χ0v) is 8.00. The van der Waals surface area contributed by atoms with Crippen LogP contribution in [0.5, 0.6) is 5.75 Å². The van der Waals surface area contributed by atoms with Gasteiger partial charge in [-0.05, 0) is 24.1 Å². The van der Waals surface area contributed by atoms with Crippen LogP contribution in [-0.4, -0.2) is 22.9 Å². The summed E-state index contributed by atoms with van der Waals surface area (Å²) >= 11 is 0. The predicted octanol–water partition coefficient (Wildman–Crippen LogP) is 0.676. The van der Waals surface area contributed by atoms with Gasteiger partial charge >= 0.3 is 0 Å². The van der Waals surface area contributed by atoms with Crippen molar-refractivity contribution in [3.8, 4) is 5.75 Å². The zero-order valence-electron chi connectivity index (χ0n) is 7.18. The summed E-state index contributed by atoms with van der Waals surface area (Å²) in [5.74, 6) is 0.247. The van der Waals surface area contributed by atoms with Gasteiger partial charge in [0.25, 0.3) is 0 Å². The summed E-state index contributed by atoms with van der Waals surface area (Å²) in [5.41, 5.74) is 6.55. The highest BCUT2D eigenvalue weighted by Gasteiger charge is 2.01. The predicted molar refractivity (Wildman–Crippen MR) is 54.1 cm³/mol. The minimum absolute atomic E-state index is 0. The Labute approximate surface area is 83.6 Å². The van der Waals surface area contributed by atoms with Crippen molar-refractivity contribution in [3.05, 3.63) is 29.8 Å². The number of halogens is 1. The van der Waals surface area contributed by atoms with Crippen LogP contribution in [0.1, 0.15) is 5.56 Å². The van der Waals surface area contributed by atoms with E-state index >= 15 is 0 Å². The Morgan fingerprint density at radius 2 is 1.77 bits per heavy atom. The molecule has 0 bridgehead atoms. The summed E-state index contributed by atoms with van der Waals surface area (Å²) in [4.78, 5) is 0. The smallest absolute Gasteiger partial charge is 0.115 e. The first-order valence-corrected chi connectivity index (χ1v) is 3.86. The Morgan fingerprint density at radius 1 is 1.23 bits per heavy atom. The standard InChI is InChI=1S/C9H13NO2.ClH/c10-8(6-11)5-7-1-3-9(12)4-2-7;/h1-4,8,11-12H,5-6,10H2;1H/t8-;/m0./s1. The zero-order chi connectivity index (χ0) is 8.97. The highest BCUT2D eigenvalue weighted by molar-refractivity contribution is 5.85. The van der Waals surface area contributed by atoms with Gasteiger partial charge in [0.1, 0.15) is 5.75 Å². The topological polar surface area (TPSA) is 66.5 Å². The van der Waals surface area contributed by atoms with E-state index in [0.717, 1.165) is 5.56 Å². The molecule has 0 saturated heterocycles. The Kier molecular flexibility index (Phi) is 5.46. The number of hydrogen-bond acceptors (Lipinski definition) is 3. The Balaban J connectivity index is 0.00000144. The van der Waals surface area contributed by atoms with Crippen LogP contribution in [0, 0.1) is 0 Å². The number of hydrogen-bond donors (Lipinski definition) is 3. The van der Waals surface area contributed by atoms with Gasteiger partial charge in [-0.2, -0.15) is 0 Å². The third kappa shape index (κ3) is 4.12. The fourth-order valence-corrected chi connectivity index (χ4v) is 0.999. The lowest BCUT2D eigenvalue weighted by atomic mass is 10.1. The van der Waals surface area contributed by atoms with E-state index in [9.17, 15) is 0 Å². The van der Waals surface area contributed by atoms with E-state index < -0.39 is 0 Å². The number of aromatic hydroxyl groups is 1. The van der Waals surface area contributed by atoms with E-state index in [2.05, 4.69) is 0 Å². The number of nitrogens with two attached hydrogens (primary N) is 1. The molecule has 0 aliphatic heterocycles. The quantitative estimate of drug-likeness (QED) is 0.677. The first-order chi connectivity index (χ1) is 5.72. The minimum atomic E-state index is -0.213. The van der Waals surface area contributed by atoms with Gasteiger partial charge in [-0.1, -0.05) is 12.1 Å². The highest BCUT2D eigenvalue weighted by Crippen LogP contribution is 2.10. The van der Waals surface area contributed by atoms with Crippen molar-refractivity contribution in [3.63, 3.8) is 0 Å². The van der Waals surface area contributed by atoms with E-state index in [0.29, 0.717) is 6.42 Å². The lowest BCUT2D eigenvalue weighted by molar-refractivity contribution is 0.265. The van der Waals surface area contributed by atoms with Crippen molar-refractivity contribution >= 4 is 12.4 Å². The number of phenols is 1. The molecule has 1 atom stereocenters. The van der Waals surface area contributed by atoms with Crippen LogP contribution in [0.3, 0.4) is 0 Å². The van der Waals surface area contributed by atoms with Gasteiger partial charge in [-0.25, -0.2) is 0 Å². The molecule has 0 aromatic heterocycles. The molecule has 0 saturated carbocycles. The van der Waals surface area contributed by atoms with Gasteiger partial charge in [-0.15, -0.1) is 12.4 Å². The lowest BCUT2D eigenvalue weighted by Crippen LogP contribution is -2.26. The van der Waals surface area contributed by atoms with Gasteiger partial charge in [0, 0.05) is 6.04 Å². The molecule has 0 fully saturated rings. The molecule has 0 unspecified atom stereocenters. The molecule has 1 rings (SSSR count). The van der Waals surface area contributed by atoms with Crippen molar-refractivity contribution in [2.24, 2.45) is 5.73 Å². The molecule has 1 aromatic carbocycles. The molecule has 4 heteroatoms. The molecular formula is C9H14ClNO2. The molecule has 0 heterocycles. The average molecular weight is 204 g/mol. The van der Waals surface area contributed by atoms with Gasteiger partial charge in [-0.3, -0.25) is 0 Å². The summed E-state index contributed by atoms with van der Waals surface area (Å²) in [7, 11) is 0. The number of aliphatic hydroxyl groups is 1. The van der Waals surface area contributed by atoms with Crippen LogP contribution >= 0.6 is 12.4 Å². The third-order valence-electron chi connectivity index (χ3n) is 1.67. The van der Waals surface area contributed by atoms with Crippen LogP contribution in [0.15, 0.2) is 24.3 Å². The van der Waals surface area contributed by atoms with E-state index in [1.165, 1.54) is 0 Å². The minimum Gasteiger partial charge on any atom is -0.508 e. The monoisotopic (exact) mass is 203 g/mol. The Bertz CT molecular complexity index is 238. The van der Waals surface area contributed by atoms with Gasteiger partial charge < -0.3 is 15.9 Å². The van der Waals surface area contributed by atoms with Crippen molar-refractivity contribution in [1.82, 2.24) is 0 Å². The van der Waals surface area contributed by atoms with Gasteiger partial charge in [0.05, 0.1) is 6.61 Å².